The zero-order valence-corrected chi connectivity index (χ0v) is 23.2. The maximum Gasteiger partial charge on any atom is 0.243 e. The number of aromatic nitrogens is 1. The Kier molecular flexibility index (Phi) is 6.05. The van der Waals surface area contributed by atoms with Gasteiger partial charge in [-0.05, 0) is 85.9 Å². The van der Waals surface area contributed by atoms with Gasteiger partial charge in [-0.2, -0.15) is 0 Å². The van der Waals surface area contributed by atoms with Crippen molar-refractivity contribution in [2.45, 2.75) is 74.8 Å². The summed E-state index contributed by atoms with van der Waals surface area (Å²) in [6, 6.07) is 13.9. The molecule has 3 heterocycles. The van der Waals surface area contributed by atoms with E-state index in [1.165, 1.54) is 23.3 Å². The Balaban J connectivity index is 1.11. The summed E-state index contributed by atoms with van der Waals surface area (Å²) in [6.07, 6.45) is 8.03. The second-order valence-electron chi connectivity index (χ2n) is 12.5. The molecule has 2 aliphatic carbocycles. The number of hydrogen-bond donors (Lipinski definition) is 2. The Hall–Kier alpha value is -3.65. The van der Waals surface area contributed by atoms with E-state index in [1.807, 2.05) is 24.0 Å². The maximum absolute atomic E-state index is 14.3. The number of aryl methyl sites for hydroxylation is 1. The molecule has 41 heavy (non-hydrogen) atoms. The van der Waals surface area contributed by atoms with E-state index < -0.39 is 28.1 Å². The van der Waals surface area contributed by atoms with Crippen LogP contribution in [0.4, 0.5) is 14.6 Å². The van der Waals surface area contributed by atoms with E-state index in [-0.39, 0.29) is 11.8 Å². The summed E-state index contributed by atoms with van der Waals surface area (Å²) < 4.78 is 28.6. The summed E-state index contributed by atoms with van der Waals surface area (Å²) in [4.78, 5) is 33.3. The molecule has 6 nitrogen and oxygen atoms in total. The van der Waals surface area contributed by atoms with Gasteiger partial charge in [-0.1, -0.05) is 37.1 Å². The van der Waals surface area contributed by atoms with E-state index >= 15 is 0 Å². The van der Waals surface area contributed by atoms with Crippen LogP contribution in [0.3, 0.4) is 0 Å². The van der Waals surface area contributed by atoms with Gasteiger partial charge in [0.05, 0.1) is 16.5 Å². The van der Waals surface area contributed by atoms with Gasteiger partial charge in [-0.3, -0.25) is 9.59 Å². The number of rotatable bonds is 5. The second kappa shape index (κ2) is 9.44. The number of amides is 2. The average molecular weight is 557 g/mol. The molecule has 3 aromatic rings. The van der Waals surface area contributed by atoms with E-state index in [0.717, 1.165) is 49.3 Å². The monoisotopic (exact) mass is 556 g/mol. The molecule has 2 aliphatic heterocycles. The highest BCUT2D eigenvalue weighted by molar-refractivity contribution is 6.06. The number of carbonyl (C=O) groups is 2. The molecule has 7 rings (SSSR count). The van der Waals surface area contributed by atoms with Gasteiger partial charge in [0.2, 0.25) is 11.8 Å². The standard InChI is InChI=1S/C33H34F2N4O2/c1-31(24-15-25(34)17-26(35)16-24)20-37-33(10-2-3-11-33)30(41)39(31)13-5-6-21-8-9-22-18-32(19-23(22)14-21)27-7-4-12-36-28(27)38-29(32)40/h4,7-9,12,14-17,37H,2-3,5-6,10-11,13,18-20H2,1H3,(H,36,38,40)/t31-,32-/m0/s1. The van der Waals surface area contributed by atoms with Gasteiger partial charge in [0.25, 0.3) is 0 Å². The van der Waals surface area contributed by atoms with E-state index in [9.17, 15) is 18.4 Å². The largest absolute Gasteiger partial charge is 0.330 e. The Morgan fingerprint density at radius 1 is 0.976 bits per heavy atom. The fourth-order valence-corrected chi connectivity index (χ4v) is 7.75. The maximum atomic E-state index is 14.3. The quantitative estimate of drug-likeness (QED) is 0.467. The molecule has 2 amide bonds. The molecule has 0 bridgehead atoms. The zero-order valence-electron chi connectivity index (χ0n) is 23.2. The molecule has 2 aromatic carbocycles. The van der Waals surface area contributed by atoms with Gasteiger partial charge in [0, 0.05) is 30.9 Å². The number of benzene rings is 2. The van der Waals surface area contributed by atoms with Crippen molar-refractivity contribution in [3.63, 3.8) is 0 Å². The van der Waals surface area contributed by atoms with Crippen LogP contribution in [0, 0.1) is 11.6 Å². The normalized spacial score (nSPS) is 26.1. The smallest absolute Gasteiger partial charge is 0.243 e. The topological polar surface area (TPSA) is 74.3 Å². The van der Waals surface area contributed by atoms with Crippen LogP contribution in [0.15, 0.2) is 54.7 Å². The molecule has 2 atom stereocenters. The Morgan fingerprint density at radius 2 is 1.73 bits per heavy atom. The van der Waals surface area contributed by atoms with E-state index in [2.05, 4.69) is 33.8 Å². The molecule has 2 spiro atoms. The van der Waals surface area contributed by atoms with Crippen molar-refractivity contribution >= 4 is 17.6 Å². The van der Waals surface area contributed by atoms with Gasteiger partial charge >= 0.3 is 0 Å². The summed E-state index contributed by atoms with van der Waals surface area (Å²) in [5.41, 5.74) is 2.90. The predicted molar refractivity (Wildman–Crippen MR) is 151 cm³/mol. The molecule has 0 unspecified atom stereocenters. The Labute approximate surface area is 238 Å². The van der Waals surface area contributed by atoms with Crippen molar-refractivity contribution in [1.29, 1.82) is 0 Å². The number of anilines is 1. The molecule has 2 fully saturated rings. The van der Waals surface area contributed by atoms with Crippen molar-refractivity contribution < 1.29 is 18.4 Å². The SMILES string of the molecule is C[C@@]1(c2cc(F)cc(F)c2)CNC2(CCCC2)C(=O)N1CCCc1ccc2c(c1)C[C@]1(C2)C(=O)Nc2ncccc21. The lowest BCUT2D eigenvalue weighted by atomic mass is 9.79. The minimum Gasteiger partial charge on any atom is -0.330 e. The third-order valence-corrected chi connectivity index (χ3v) is 10.1. The van der Waals surface area contributed by atoms with E-state index in [0.29, 0.717) is 43.7 Å². The highest BCUT2D eigenvalue weighted by atomic mass is 19.1. The van der Waals surface area contributed by atoms with Crippen LogP contribution in [0.2, 0.25) is 0 Å². The third-order valence-electron chi connectivity index (χ3n) is 10.1. The molecule has 2 N–H and O–H groups in total. The van der Waals surface area contributed by atoms with Crippen molar-refractivity contribution in [1.82, 2.24) is 15.2 Å². The van der Waals surface area contributed by atoms with Crippen molar-refractivity contribution in [3.05, 3.63) is 94.2 Å². The zero-order chi connectivity index (χ0) is 28.4. The van der Waals surface area contributed by atoms with Gasteiger partial charge in [-0.15, -0.1) is 0 Å². The van der Waals surface area contributed by atoms with Gasteiger partial charge in [-0.25, -0.2) is 13.8 Å². The molecule has 212 valence electrons. The molecule has 8 heteroatoms. The first kappa shape index (κ1) is 26.3. The summed E-state index contributed by atoms with van der Waals surface area (Å²) in [5, 5.41) is 6.46. The molecule has 1 saturated heterocycles. The highest BCUT2D eigenvalue weighted by Crippen LogP contribution is 2.47. The fraction of sp³-hybridized carbons (Fsp3) is 0.424. The van der Waals surface area contributed by atoms with Crippen LogP contribution in [-0.2, 0) is 39.8 Å². The lowest BCUT2D eigenvalue weighted by Crippen LogP contribution is -2.70. The van der Waals surface area contributed by atoms with Crippen LogP contribution in [0.5, 0.6) is 0 Å². The number of halogens is 2. The summed E-state index contributed by atoms with van der Waals surface area (Å²) in [6.45, 7) is 2.84. The Bertz CT molecular complexity index is 1550. The minimum absolute atomic E-state index is 0.00934. The van der Waals surface area contributed by atoms with Gasteiger partial charge in [0.15, 0.2) is 0 Å². The van der Waals surface area contributed by atoms with E-state index in [4.69, 9.17) is 0 Å². The van der Waals surface area contributed by atoms with Crippen molar-refractivity contribution in [2.24, 2.45) is 0 Å². The summed E-state index contributed by atoms with van der Waals surface area (Å²) in [7, 11) is 0. The average Bonchev–Trinajstić information content (AvgIpc) is 3.65. The first-order valence-electron chi connectivity index (χ1n) is 14.6. The van der Waals surface area contributed by atoms with Crippen molar-refractivity contribution in [2.75, 3.05) is 18.4 Å². The van der Waals surface area contributed by atoms with Gasteiger partial charge in [0.1, 0.15) is 17.5 Å². The summed E-state index contributed by atoms with van der Waals surface area (Å²) >= 11 is 0. The lowest BCUT2D eigenvalue weighted by molar-refractivity contribution is -0.151. The van der Waals surface area contributed by atoms with Crippen LogP contribution < -0.4 is 10.6 Å². The lowest BCUT2D eigenvalue weighted by Gasteiger charge is -2.52. The number of hydrogen-bond acceptors (Lipinski definition) is 4. The molecule has 1 saturated carbocycles. The number of nitrogens with zero attached hydrogens (tertiary/aromatic N) is 2. The molecule has 0 radical (unpaired) electrons. The number of nitrogens with one attached hydrogen (secondary N) is 2. The van der Waals surface area contributed by atoms with Crippen LogP contribution >= 0.6 is 0 Å². The fourth-order valence-electron chi connectivity index (χ4n) is 7.75. The van der Waals surface area contributed by atoms with Crippen LogP contribution in [0.25, 0.3) is 0 Å². The molecule has 1 aromatic heterocycles. The second-order valence-corrected chi connectivity index (χ2v) is 12.5. The van der Waals surface area contributed by atoms with Crippen molar-refractivity contribution in [3.8, 4) is 0 Å². The number of piperazine rings is 1. The van der Waals surface area contributed by atoms with Crippen LogP contribution in [0.1, 0.15) is 66.8 Å². The molecule has 4 aliphatic rings. The number of fused-ring (bicyclic) bond motifs is 3. The molecular weight excluding hydrogens is 522 g/mol. The summed E-state index contributed by atoms with van der Waals surface area (Å²) in [5.74, 6) is -0.577. The highest BCUT2D eigenvalue weighted by Gasteiger charge is 2.53. The number of pyridine rings is 1. The number of carbonyl (C=O) groups excluding carboxylic acids is 2. The predicted octanol–water partition coefficient (Wildman–Crippen LogP) is 4.94. The van der Waals surface area contributed by atoms with Gasteiger partial charge < -0.3 is 15.5 Å². The Morgan fingerprint density at radius 3 is 2.51 bits per heavy atom. The first-order valence-corrected chi connectivity index (χ1v) is 14.6. The minimum atomic E-state index is -0.866. The van der Waals surface area contributed by atoms with E-state index in [1.54, 1.807) is 6.20 Å². The molecular formula is C33H34F2N4O2. The third kappa shape index (κ3) is 4.09. The first-order chi connectivity index (χ1) is 19.7. The van der Waals surface area contributed by atoms with Crippen LogP contribution in [-0.4, -0.2) is 40.3 Å².